The average molecular weight is 943 g/mol. The molecule has 0 aliphatic heterocycles. The number of H-pyrrole nitrogens is 1. The lowest BCUT2D eigenvalue weighted by Crippen LogP contribution is -2.02. The molecule has 332 valence electrons. The van der Waals surface area contributed by atoms with Gasteiger partial charge in [-0.15, -0.1) is 13.2 Å². The van der Waals surface area contributed by atoms with Crippen molar-refractivity contribution in [2.45, 2.75) is 33.9 Å². The van der Waals surface area contributed by atoms with E-state index in [1.54, 1.807) is 48.6 Å². The van der Waals surface area contributed by atoms with Gasteiger partial charge in [0, 0.05) is 13.1 Å². The molecule has 0 amide bonds. The average Bonchev–Trinajstić information content (AvgIpc) is 3.99. The number of hydrogen-bond acceptors (Lipinski definition) is 9. The van der Waals surface area contributed by atoms with Gasteiger partial charge in [-0.3, -0.25) is 30.3 Å². The summed E-state index contributed by atoms with van der Waals surface area (Å²) in [6.07, 6.45) is 3.48. The predicted octanol–water partition coefficient (Wildman–Crippen LogP) is 13.6. The summed E-state index contributed by atoms with van der Waals surface area (Å²) in [7, 11) is 0. The Morgan fingerprint density at radius 2 is 1.02 bits per heavy atom. The first-order chi connectivity index (χ1) is 31.7. The highest BCUT2D eigenvalue weighted by atomic mass is 35.5. The maximum atomic E-state index is 11.4. The molecule has 6 aromatic carbocycles. The van der Waals surface area contributed by atoms with Crippen LogP contribution in [0.4, 0.5) is 17.1 Å². The Hall–Kier alpha value is -7.72. The number of nitrogens with zero attached hydrogens (tertiary/aromatic N) is 8. The third-order valence-corrected chi connectivity index (χ3v) is 11.4. The fourth-order valence-electron chi connectivity index (χ4n) is 7.64. The van der Waals surface area contributed by atoms with Crippen molar-refractivity contribution in [3.8, 4) is 34.2 Å². The van der Waals surface area contributed by atoms with Crippen molar-refractivity contribution in [1.82, 2.24) is 29.1 Å². The first-order valence-corrected chi connectivity index (χ1v) is 21.2. The number of benzene rings is 6. The standard InChI is InChI=1S/2C17H14ClN3O2.C14H10ClN3O2/c1-3-10-20-14-9-4-6-11(2)15(14)19-17(20)12-7-5-8-13(18)16(12)21(22)23;1-3-10-20-15-11(2)6-4-9-14(15)19-17(20)12-7-5-8-13(18)16(12)21(22)23;1-8-4-2-7-11-12(8)17-14(16-11)9-5-3-6-10(15)13(9)18(19)20/h2*3-9H,1,10H2,2H3;2-7H,1H3,(H,16,17). The summed E-state index contributed by atoms with van der Waals surface area (Å²) in [6, 6.07) is 31.9. The quantitative estimate of drug-likeness (QED) is 0.0788. The molecular weight excluding hydrogens is 905 g/mol. The molecule has 0 spiro atoms. The molecule has 0 saturated heterocycles. The number of aromatic amines is 1. The molecule has 9 aromatic rings. The molecule has 0 bridgehead atoms. The Balaban J connectivity index is 0.000000148. The lowest BCUT2D eigenvalue weighted by molar-refractivity contribution is -0.384. The molecule has 66 heavy (non-hydrogen) atoms. The van der Waals surface area contributed by atoms with E-state index in [0.29, 0.717) is 47.3 Å². The molecule has 1 N–H and O–H groups in total. The zero-order chi connectivity index (χ0) is 47.4. The van der Waals surface area contributed by atoms with Gasteiger partial charge in [-0.1, -0.05) is 102 Å². The zero-order valence-electron chi connectivity index (χ0n) is 35.5. The molecule has 0 aliphatic rings. The molecule has 0 aliphatic carbocycles. The lowest BCUT2D eigenvalue weighted by atomic mass is 10.1. The Morgan fingerprint density at radius 1 is 0.561 bits per heavy atom. The van der Waals surface area contributed by atoms with Crippen LogP contribution in [0.25, 0.3) is 67.3 Å². The van der Waals surface area contributed by atoms with Gasteiger partial charge in [0.25, 0.3) is 17.1 Å². The number of nitro benzene ring substituents is 3. The largest absolute Gasteiger partial charge is 0.338 e. The molecule has 3 heterocycles. The van der Waals surface area contributed by atoms with E-state index in [0.717, 1.165) is 49.8 Å². The number of aryl methyl sites for hydroxylation is 3. The topological polar surface area (TPSA) is 194 Å². The summed E-state index contributed by atoms with van der Waals surface area (Å²) in [5.74, 6) is 1.48. The fourth-order valence-corrected chi connectivity index (χ4v) is 8.37. The van der Waals surface area contributed by atoms with Crippen molar-refractivity contribution in [2.75, 3.05) is 0 Å². The molecular formula is C48H38Cl3N9O6. The SMILES string of the molecule is C=CCn1c(-c2cccc(Cl)c2[N+](=O)[O-])nc2c(C)cccc21.C=CCn1c(-c2cccc(Cl)c2[N+](=O)[O-])nc2cccc(C)c21.Cc1cccc2[nH]c(-c3cccc(Cl)c3[N+](=O)[O-])nc12. The van der Waals surface area contributed by atoms with Crippen molar-refractivity contribution >= 4 is 85.0 Å². The maximum absolute atomic E-state index is 11.4. The summed E-state index contributed by atoms with van der Waals surface area (Å²) in [5.41, 5.74) is 8.97. The van der Waals surface area contributed by atoms with Crippen LogP contribution < -0.4 is 0 Å². The van der Waals surface area contributed by atoms with E-state index >= 15 is 0 Å². The molecule has 9 rings (SSSR count). The maximum Gasteiger partial charge on any atom is 0.298 e. The number of halogens is 3. The van der Waals surface area contributed by atoms with Crippen LogP contribution in [0.15, 0.2) is 135 Å². The van der Waals surface area contributed by atoms with Crippen molar-refractivity contribution in [3.05, 3.63) is 197 Å². The number of allylic oxidation sites excluding steroid dienone is 2. The Morgan fingerprint density at radius 3 is 1.56 bits per heavy atom. The van der Waals surface area contributed by atoms with E-state index in [2.05, 4.69) is 33.1 Å². The minimum atomic E-state index is -0.488. The van der Waals surface area contributed by atoms with Gasteiger partial charge in [-0.2, -0.15) is 0 Å². The molecule has 0 saturated carbocycles. The Bertz CT molecular complexity index is 3330. The number of rotatable bonds is 10. The highest BCUT2D eigenvalue weighted by molar-refractivity contribution is 6.34. The molecule has 0 atom stereocenters. The second kappa shape index (κ2) is 19.6. The second-order valence-electron chi connectivity index (χ2n) is 14.8. The van der Waals surface area contributed by atoms with Crippen LogP contribution in [0.2, 0.25) is 15.1 Å². The third kappa shape index (κ3) is 8.99. The number of hydrogen-bond donors (Lipinski definition) is 1. The molecule has 0 unspecified atom stereocenters. The number of nitro groups is 3. The highest BCUT2D eigenvalue weighted by Gasteiger charge is 2.27. The Kier molecular flexibility index (Phi) is 13.7. The van der Waals surface area contributed by atoms with Crippen molar-refractivity contribution in [1.29, 1.82) is 0 Å². The number of nitrogens with one attached hydrogen (secondary N) is 1. The molecule has 18 heteroatoms. The van der Waals surface area contributed by atoms with Crippen LogP contribution in [-0.4, -0.2) is 43.8 Å². The van der Waals surface area contributed by atoms with Crippen LogP contribution in [0.3, 0.4) is 0 Å². The van der Waals surface area contributed by atoms with Crippen LogP contribution in [-0.2, 0) is 13.1 Å². The smallest absolute Gasteiger partial charge is 0.298 e. The minimum Gasteiger partial charge on any atom is -0.338 e. The van der Waals surface area contributed by atoms with E-state index in [9.17, 15) is 30.3 Å². The van der Waals surface area contributed by atoms with Crippen molar-refractivity contribution in [2.24, 2.45) is 0 Å². The van der Waals surface area contributed by atoms with Crippen LogP contribution >= 0.6 is 34.8 Å². The number of aromatic nitrogens is 6. The fraction of sp³-hybridized carbons (Fsp3) is 0.104. The van der Waals surface area contributed by atoms with Gasteiger partial charge >= 0.3 is 0 Å². The van der Waals surface area contributed by atoms with E-state index < -0.39 is 14.8 Å². The monoisotopic (exact) mass is 941 g/mol. The lowest BCUT2D eigenvalue weighted by Gasteiger charge is -2.09. The second-order valence-corrected chi connectivity index (χ2v) is 16.0. The van der Waals surface area contributed by atoms with Crippen LogP contribution in [0.1, 0.15) is 16.7 Å². The number of fused-ring (bicyclic) bond motifs is 3. The minimum absolute atomic E-state index is 0.0985. The number of para-hydroxylation sites is 6. The summed E-state index contributed by atoms with van der Waals surface area (Å²) in [6.45, 7) is 14.4. The van der Waals surface area contributed by atoms with Gasteiger partial charge in [-0.25, -0.2) is 15.0 Å². The third-order valence-electron chi connectivity index (χ3n) is 10.5. The highest BCUT2D eigenvalue weighted by Crippen LogP contribution is 2.39. The normalized spacial score (nSPS) is 10.9. The summed E-state index contributed by atoms with van der Waals surface area (Å²) >= 11 is 18.0. The van der Waals surface area contributed by atoms with Gasteiger partial charge in [0.2, 0.25) is 0 Å². The predicted molar refractivity (Wildman–Crippen MR) is 261 cm³/mol. The summed E-state index contributed by atoms with van der Waals surface area (Å²) in [5, 5.41) is 34.3. The van der Waals surface area contributed by atoms with Crippen LogP contribution in [0.5, 0.6) is 0 Å². The number of imidazole rings is 3. The van der Waals surface area contributed by atoms with E-state index in [1.165, 1.54) is 18.2 Å². The van der Waals surface area contributed by atoms with E-state index in [4.69, 9.17) is 34.8 Å². The summed E-state index contributed by atoms with van der Waals surface area (Å²) in [4.78, 5) is 49.4. The van der Waals surface area contributed by atoms with Gasteiger partial charge < -0.3 is 14.1 Å². The first-order valence-electron chi connectivity index (χ1n) is 20.0. The Labute approximate surface area is 391 Å². The van der Waals surface area contributed by atoms with Gasteiger partial charge in [0.1, 0.15) is 32.5 Å². The molecule has 3 aromatic heterocycles. The van der Waals surface area contributed by atoms with E-state index in [1.807, 2.05) is 84.5 Å². The van der Waals surface area contributed by atoms with Crippen molar-refractivity contribution in [3.63, 3.8) is 0 Å². The van der Waals surface area contributed by atoms with Gasteiger partial charge in [0.05, 0.1) is 64.6 Å². The van der Waals surface area contributed by atoms with Gasteiger partial charge in [0.15, 0.2) is 0 Å². The van der Waals surface area contributed by atoms with Crippen LogP contribution in [0, 0.1) is 51.1 Å². The molecule has 0 fully saturated rings. The molecule has 0 radical (unpaired) electrons. The van der Waals surface area contributed by atoms with Crippen molar-refractivity contribution < 1.29 is 14.8 Å². The summed E-state index contributed by atoms with van der Waals surface area (Å²) < 4.78 is 3.84. The van der Waals surface area contributed by atoms with Gasteiger partial charge in [-0.05, 0) is 92.1 Å². The first kappa shape index (κ1) is 46.3. The molecule has 15 nitrogen and oxygen atoms in total. The van der Waals surface area contributed by atoms with E-state index in [-0.39, 0.29) is 32.1 Å². The zero-order valence-corrected chi connectivity index (χ0v) is 37.8.